The van der Waals surface area contributed by atoms with Gasteiger partial charge in [0.25, 0.3) is 0 Å². The SMILES string of the molecule is N#CC(C#N)=C(SCc1c(Cl)cccc1Cl)SCc1c(Cl)cccc1Cl. The molecule has 0 bridgehead atoms. The van der Waals surface area contributed by atoms with Crippen LogP contribution in [0.3, 0.4) is 0 Å². The molecule has 0 aliphatic rings. The summed E-state index contributed by atoms with van der Waals surface area (Å²) in [6, 6.07) is 14.4. The molecule has 8 heteroatoms. The molecule has 0 aromatic heterocycles. The first-order chi connectivity index (χ1) is 12.5. The third kappa shape index (κ3) is 5.51. The number of nitrogens with zero attached hydrogens (tertiary/aromatic N) is 2. The third-order valence-corrected chi connectivity index (χ3v) is 7.17. The Kier molecular flexibility index (Phi) is 8.51. The maximum Gasteiger partial charge on any atom is 0.149 e. The van der Waals surface area contributed by atoms with E-state index in [9.17, 15) is 10.5 Å². The lowest BCUT2D eigenvalue weighted by molar-refractivity contribution is 1.41. The molecule has 0 radical (unpaired) electrons. The highest BCUT2D eigenvalue weighted by atomic mass is 35.5. The summed E-state index contributed by atoms with van der Waals surface area (Å²) in [4.78, 5) is 0. The van der Waals surface area contributed by atoms with Crippen molar-refractivity contribution in [2.75, 3.05) is 0 Å². The molecule has 0 amide bonds. The summed E-state index contributed by atoms with van der Waals surface area (Å²) < 4.78 is 0.571. The maximum absolute atomic E-state index is 9.25. The van der Waals surface area contributed by atoms with Crippen LogP contribution in [0.2, 0.25) is 20.1 Å². The number of halogens is 4. The summed E-state index contributed by atoms with van der Waals surface area (Å²) in [6.45, 7) is 0. The Morgan fingerprint density at radius 3 is 1.38 bits per heavy atom. The average Bonchev–Trinajstić information content (AvgIpc) is 2.61. The number of benzene rings is 2. The van der Waals surface area contributed by atoms with E-state index in [-0.39, 0.29) is 5.57 Å². The summed E-state index contributed by atoms with van der Waals surface area (Å²) in [5, 5.41) is 20.7. The Balaban J connectivity index is 2.22. The summed E-state index contributed by atoms with van der Waals surface area (Å²) in [7, 11) is 0. The number of hydrogen-bond donors (Lipinski definition) is 0. The molecule has 0 heterocycles. The van der Waals surface area contributed by atoms with E-state index in [1.807, 2.05) is 12.1 Å². The summed E-state index contributed by atoms with van der Waals surface area (Å²) >= 11 is 27.4. The molecule has 0 atom stereocenters. The lowest BCUT2D eigenvalue weighted by Gasteiger charge is -2.11. The highest BCUT2D eigenvalue weighted by Gasteiger charge is 2.14. The molecular formula is C18H10Cl4N2S2. The monoisotopic (exact) mass is 458 g/mol. The van der Waals surface area contributed by atoms with E-state index in [1.54, 1.807) is 36.4 Å². The number of hydrogen-bond acceptors (Lipinski definition) is 4. The fourth-order valence-corrected chi connectivity index (χ4v) is 5.63. The van der Waals surface area contributed by atoms with Gasteiger partial charge in [-0.1, -0.05) is 58.5 Å². The van der Waals surface area contributed by atoms with Gasteiger partial charge in [0.05, 0.1) is 4.24 Å². The minimum atomic E-state index is 0.0337. The van der Waals surface area contributed by atoms with Gasteiger partial charge in [0, 0.05) is 31.6 Å². The van der Waals surface area contributed by atoms with Gasteiger partial charge in [-0.05, 0) is 35.4 Å². The van der Waals surface area contributed by atoms with Gasteiger partial charge in [-0.3, -0.25) is 0 Å². The van der Waals surface area contributed by atoms with Crippen LogP contribution in [0.1, 0.15) is 11.1 Å². The van der Waals surface area contributed by atoms with Gasteiger partial charge in [0.15, 0.2) is 0 Å². The van der Waals surface area contributed by atoms with Crippen molar-refractivity contribution in [2.24, 2.45) is 0 Å². The van der Waals surface area contributed by atoms with Crippen LogP contribution in [0.5, 0.6) is 0 Å². The lowest BCUT2D eigenvalue weighted by atomic mass is 10.2. The Bertz CT molecular complexity index is 816. The van der Waals surface area contributed by atoms with E-state index >= 15 is 0 Å². The molecule has 0 saturated carbocycles. The quantitative estimate of drug-likeness (QED) is 0.414. The molecule has 0 fully saturated rings. The Hall–Kier alpha value is -0.980. The molecule has 0 aliphatic carbocycles. The van der Waals surface area contributed by atoms with E-state index in [4.69, 9.17) is 46.4 Å². The van der Waals surface area contributed by atoms with Crippen molar-refractivity contribution in [3.63, 3.8) is 0 Å². The Labute approximate surface area is 180 Å². The Morgan fingerprint density at radius 2 is 1.08 bits per heavy atom. The van der Waals surface area contributed by atoms with Crippen molar-refractivity contribution in [2.45, 2.75) is 11.5 Å². The first kappa shape index (κ1) is 21.3. The number of allylic oxidation sites excluding steroid dienone is 1. The first-order valence-electron chi connectivity index (χ1n) is 7.13. The van der Waals surface area contributed by atoms with Gasteiger partial charge in [-0.15, -0.1) is 23.5 Å². The fraction of sp³-hybridized carbons (Fsp3) is 0.111. The molecule has 132 valence electrons. The summed E-state index contributed by atoms with van der Waals surface area (Å²) in [5.41, 5.74) is 1.54. The van der Waals surface area contributed by atoms with E-state index in [0.717, 1.165) is 11.1 Å². The van der Waals surface area contributed by atoms with Crippen LogP contribution < -0.4 is 0 Å². The number of nitriles is 2. The lowest BCUT2D eigenvalue weighted by Crippen LogP contribution is -1.89. The third-order valence-electron chi connectivity index (χ3n) is 3.25. The molecule has 0 N–H and O–H groups in total. The van der Waals surface area contributed by atoms with Crippen molar-refractivity contribution in [1.82, 2.24) is 0 Å². The molecule has 0 aliphatic heterocycles. The van der Waals surface area contributed by atoms with E-state index < -0.39 is 0 Å². The standard InChI is InChI=1S/C18H10Cl4N2S2/c19-14-3-1-4-15(20)12(14)9-25-18(11(7-23)8-24)26-10-13-16(21)5-2-6-17(13)22/h1-6H,9-10H2. The maximum atomic E-state index is 9.25. The topological polar surface area (TPSA) is 47.6 Å². The Morgan fingerprint density at radius 1 is 0.731 bits per heavy atom. The molecule has 2 aromatic rings. The second kappa shape index (κ2) is 10.4. The van der Waals surface area contributed by atoms with Crippen LogP contribution >= 0.6 is 69.9 Å². The minimum absolute atomic E-state index is 0.0337. The molecule has 2 aromatic carbocycles. The predicted molar refractivity (Wildman–Crippen MR) is 114 cm³/mol. The van der Waals surface area contributed by atoms with Gasteiger partial charge in [-0.25, -0.2) is 0 Å². The van der Waals surface area contributed by atoms with Crippen LogP contribution in [-0.2, 0) is 11.5 Å². The minimum Gasteiger partial charge on any atom is -0.192 e. The van der Waals surface area contributed by atoms with Crippen molar-refractivity contribution < 1.29 is 0 Å². The van der Waals surface area contributed by atoms with Crippen molar-refractivity contribution in [1.29, 1.82) is 10.5 Å². The second-order valence-corrected chi connectivity index (χ2v) is 8.72. The van der Waals surface area contributed by atoms with Gasteiger partial charge in [0.1, 0.15) is 17.7 Å². The number of thioether (sulfide) groups is 2. The van der Waals surface area contributed by atoms with Crippen LogP contribution in [0, 0.1) is 22.7 Å². The zero-order chi connectivity index (χ0) is 19.1. The predicted octanol–water partition coefficient (Wildman–Crippen LogP) is 7.73. The van der Waals surface area contributed by atoms with Gasteiger partial charge < -0.3 is 0 Å². The highest BCUT2D eigenvalue weighted by molar-refractivity contribution is 8.21. The number of rotatable bonds is 6. The zero-order valence-corrected chi connectivity index (χ0v) is 17.8. The smallest absolute Gasteiger partial charge is 0.149 e. The normalized spacial score (nSPS) is 10.1. The fourth-order valence-electron chi connectivity index (χ4n) is 1.92. The van der Waals surface area contributed by atoms with Gasteiger partial charge in [-0.2, -0.15) is 10.5 Å². The van der Waals surface area contributed by atoms with Crippen LogP contribution in [0.15, 0.2) is 46.2 Å². The molecule has 0 saturated heterocycles. The molecule has 2 rings (SSSR count). The largest absolute Gasteiger partial charge is 0.192 e. The molecule has 0 spiro atoms. The van der Waals surface area contributed by atoms with E-state index in [1.165, 1.54) is 23.5 Å². The highest BCUT2D eigenvalue weighted by Crippen LogP contribution is 2.40. The van der Waals surface area contributed by atoms with Crippen LogP contribution in [0.25, 0.3) is 0 Å². The summed E-state index contributed by atoms with van der Waals surface area (Å²) in [6.07, 6.45) is 0. The van der Waals surface area contributed by atoms with Gasteiger partial charge in [0.2, 0.25) is 0 Å². The van der Waals surface area contributed by atoms with Crippen molar-refractivity contribution >= 4 is 69.9 Å². The van der Waals surface area contributed by atoms with Crippen LogP contribution in [0.4, 0.5) is 0 Å². The molecule has 2 nitrogen and oxygen atoms in total. The molecular weight excluding hydrogens is 450 g/mol. The van der Waals surface area contributed by atoms with Gasteiger partial charge >= 0.3 is 0 Å². The van der Waals surface area contributed by atoms with E-state index in [0.29, 0.717) is 35.8 Å². The molecule has 0 unspecified atom stereocenters. The van der Waals surface area contributed by atoms with E-state index in [2.05, 4.69) is 0 Å². The zero-order valence-electron chi connectivity index (χ0n) is 13.1. The first-order valence-corrected chi connectivity index (χ1v) is 10.6. The van der Waals surface area contributed by atoms with Crippen molar-refractivity contribution in [3.05, 3.63) is 77.4 Å². The second-order valence-electron chi connectivity index (χ2n) is 4.86. The molecule has 26 heavy (non-hydrogen) atoms. The van der Waals surface area contributed by atoms with Crippen LogP contribution in [-0.4, -0.2) is 0 Å². The van der Waals surface area contributed by atoms with Crippen molar-refractivity contribution in [3.8, 4) is 12.1 Å². The average molecular weight is 460 g/mol. The summed E-state index contributed by atoms with van der Waals surface area (Å²) in [5.74, 6) is 0.869.